The summed E-state index contributed by atoms with van der Waals surface area (Å²) in [6.45, 7) is 2.33. The highest BCUT2D eigenvalue weighted by atomic mass is 35.5. The molecule has 70 valence electrons. The van der Waals surface area contributed by atoms with Crippen LogP contribution in [-0.2, 0) is 6.54 Å². The Morgan fingerprint density at radius 1 is 1.77 bits per heavy atom. The molecule has 4 nitrogen and oxygen atoms in total. The summed E-state index contributed by atoms with van der Waals surface area (Å²) in [5.41, 5.74) is 5.09. The quantitative estimate of drug-likeness (QED) is 0.572. The number of rotatable bonds is 2. The standard InChI is InChI=1S/C8H10ClN3O/c1-2-3-4-12-5-11-7(9)6(10)8(12)13/h2-3,5H,4,10H2,1H3/b3-2+. The molecule has 0 amide bonds. The van der Waals surface area contributed by atoms with Crippen LogP contribution in [0.5, 0.6) is 0 Å². The van der Waals surface area contributed by atoms with E-state index in [0.717, 1.165) is 0 Å². The molecule has 0 fully saturated rings. The fraction of sp³-hybridized carbons (Fsp3) is 0.250. The van der Waals surface area contributed by atoms with Crippen LogP contribution < -0.4 is 11.3 Å². The Morgan fingerprint density at radius 3 is 3.08 bits per heavy atom. The normalized spacial score (nSPS) is 10.9. The molecule has 0 spiro atoms. The molecular formula is C8H10ClN3O. The molecule has 13 heavy (non-hydrogen) atoms. The highest BCUT2D eigenvalue weighted by molar-refractivity contribution is 6.31. The highest BCUT2D eigenvalue weighted by Crippen LogP contribution is 2.07. The number of aromatic nitrogens is 2. The van der Waals surface area contributed by atoms with Crippen LogP contribution in [0.25, 0.3) is 0 Å². The lowest BCUT2D eigenvalue weighted by Gasteiger charge is -2.02. The van der Waals surface area contributed by atoms with Crippen LogP contribution in [0.4, 0.5) is 5.69 Å². The number of nitrogens with two attached hydrogens (primary N) is 1. The Morgan fingerprint density at radius 2 is 2.46 bits per heavy atom. The average molecular weight is 200 g/mol. The molecule has 0 atom stereocenters. The van der Waals surface area contributed by atoms with Crippen LogP contribution in [0.3, 0.4) is 0 Å². The topological polar surface area (TPSA) is 60.9 Å². The van der Waals surface area contributed by atoms with E-state index in [1.165, 1.54) is 10.9 Å². The minimum atomic E-state index is -0.307. The lowest BCUT2D eigenvalue weighted by atomic mass is 10.5. The minimum Gasteiger partial charge on any atom is -0.392 e. The van der Waals surface area contributed by atoms with Gasteiger partial charge in [0.15, 0.2) is 5.15 Å². The van der Waals surface area contributed by atoms with E-state index in [4.69, 9.17) is 17.3 Å². The second kappa shape index (κ2) is 4.09. The van der Waals surface area contributed by atoms with Crippen molar-refractivity contribution >= 4 is 17.3 Å². The second-order valence-corrected chi connectivity index (χ2v) is 2.83. The maximum absolute atomic E-state index is 11.4. The summed E-state index contributed by atoms with van der Waals surface area (Å²) in [5, 5.41) is 0.0572. The maximum atomic E-state index is 11.4. The van der Waals surface area contributed by atoms with Gasteiger partial charge < -0.3 is 5.73 Å². The molecule has 1 heterocycles. The van der Waals surface area contributed by atoms with Crippen LogP contribution in [0.1, 0.15) is 6.92 Å². The summed E-state index contributed by atoms with van der Waals surface area (Å²) in [7, 11) is 0. The van der Waals surface area contributed by atoms with Crippen molar-refractivity contribution in [1.29, 1.82) is 0 Å². The monoisotopic (exact) mass is 199 g/mol. The van der Waals surface area contributed by atoms with Crippen molar-refractivity contribution in [2.45, 2.75) is 13.5 Å². The molecule has 1 aromatic rings. The maximum Gasteiger partial charge on any atom is 0.278 e. The van der Waals surface area contributed by atoms with Crippen molar-refractivity contribution < 1.29 is 0 Å². The molecule has 0 aliphatic carbocycles. The zero-order valence-corrected chi connectivity index (χ0v) is 7.95. The third-order valence-electron chi connectivity index (χ3n) is 1.56. The van der Waals surface area contributed by atoms with E-state index in [2.05, 4.69) is 4.98 Å². The van der Waals surface area contributed by atoms with Crippen LogP contribution >= 0.6 is 11.6 Å². The fourth-order valence-corrected chi connectivity index (χ4v) is 0.959. The molecule has 0 radical (unpaired) electrons. The zero-order chi connectivity index (χ0) is 9.84. The van der Waals surface area contributed by atoms with E-state index < -0.39 is 0 Å². The van der Waals surface area contributed by atoms with Gasteiger partial charge in [-0.15, -0.1) is 0 Å². The number of allylic oxidation sites excluding steroid dienone is 2. The summed E-state index contributed by atoms with van der Waals surface area (Å²) >= 11 is 5.55. The van der Waals surface area contributed by atoms with E-state index >= 15 is 0 Å². The number of nitrogens with zero attached hydrogens (tertiary/aromatic N) is 2. The number of hydrogen-bond donors (Lipinski definition) is 1. The van der Waals surface area contributed by atoms with E-state index in [1.54, 1.807) is 0 Å². The third-order valence-corrected chi connectivity index (χ3v) is 1.86. The predicted molar refractivity (Wildman–Crippen MR) is 52.7 cm³/mol. The molecule has 0 saturated carbocycles. The summed E-state index contributed by atoms with van der Waals surface area (Å²) < 4.78 is 1.39. The smallest absolute Gasteiger partial charge is 0.278 e. The lowest BCUT2D eigenvalue weighted by Crippen LogP contribution is -2.23. The van der Waals surface area contributed by atoms with Crippen molar-refractivity contribution in [3.05, 3.63) is 34.0 Å². The van der Waals surface area contributed by atoms with Crippen LogP contribution in [-0.4, -0.2) is 9.55 Å². The van der Waals surface area contributed by atoms with Gasteiger partial charge in [0.1, 0.15) is 5.69 Å². The van der Waals surface area contributed by atoms with E-state index in [0.29, 0.717) is 6.54 Å². The first-order valence-corrected chi connectivity index (χ1v) is 4.16. The highest BCUT2D eigenvalue weighted by Gasteiger charge is 2.03. The van der Waals surface area contributed by atoms with Crippen LogP contribution in [0.15, 0.2) is 23.3 Å². The van der Waals surface area contributed by atoms with E-state index in [1.807, 2.05) is 19.1 Å². The summed E-state index contributed by atoms with van der Waals surface area (Å²) in [6, 6.07) is 0. The number of hydrogen-bond acceptors (Lipinski definition) is 3. The SMILES string of the molecule is C/C=C/Cn1cnc(Cl)c(N)c1=O. The third kappa shape index (κ3) is 2.09. The first kappa shape index (κ1) is 9.80. The zero-order valence-electron chi connectivity index (χ0n) is 7.20. The van der Waals surface area contributed by atoms with Crippen LogP contribution in [0.2, 0.25) is 5.15 Å². The van der Waals surface area contributed by atoms with Crippen molar-refractivity contribution in [3.63, 3.8) is 0 Å². The molecule has 0 aliphatic heterocycles. The Hall–Kier alpha value is -1.29. The molecule has 0 aromatic carbocycles. The number of halogens is 1. The first-order chi connectivity index (χ1) is 6.16. The molecule has 5 heteroatoms. The average Bonchev–Trinajstić information content (AvgIpc) is 2.13. The summed E-state index contributed by atoms with van der Waals surface area (Å²) in [6.07, 6.45) is 5.05. The van der Waals surface area contributed by atoms with Gasteiger partial charge in [0, 0.05) is 6.54 Å². The van der Waals surface area contributed by atoms with Gasteiger partial charge in [-0.2, -0.15) is 0 Å². The first-order valence-electron chi connectivity index (χ1n) is 3.78. The predicted octanol–water partition coefficient (Wildman–Crippen LogP) is 1.06. The summed E-state index contributed by atoms with van der Waals surface area (Å²) in [5.74, 6) is 0. The van der Waals surface area contributed by atoms with Gasteiger partial charge in [-0.25, -0.2) is 4.98 Å². The van der Waals surface area contributed by atoms with Gasteiger partial charge in [0.2, 0.25) is 0 Å². The Labute approximate surface area is 80.7 Å². The number of nitrogen functional groups attached to an aromatic ring is 1. The van der Waals surface area contributed by atoms with Gasteiger partial charge in [-0.05, 0) is 6.92 Å². The van der Waals surface area contributed by atoms with Crippen molar-refractivity contribution in [2.75, 3.05) is 5.73 Å². The Balaban J connectivity index is 3.11. The van der Waals surface area contributed by atoms with Gasteiger partial charge in [0.25, 0.3) is 5.56 Å². The van der Waals surface area contributed by atoms with Gasteiger partial charge >= 0.3 is 0 Å². The van der Waals surface area contributed by atoms with E-state index in [-0.39, 0.29) is 16.4 Å². The molecule has 1 rings (SSSR count). The molecule has 0 saturated heterocycles. The molecule has 1 aromatic heterocycles. The second-order valence-electron chi connectivity index (χ2n) is 2.48. The van der Waals surface area contributed by atoms with Crippen LogP contribution in [0, 0.1) is 0 Å². The van der Waals surface area contributed by atoms with Crippen molar-refractivity contribution in [2.24, 2.45) is 0 Å². The fourth-order valence-electron chi connectivity index (χ4n) is 0.834. The molecular weight excluding hydrogens is 190 g/mol. The van der Waals surface area contributed by atoms with E-state index in [9.17, 15) is 4.79 Å². The number of anilines is 1. The van der Waals surface area contributed by atoms with Crippen molar-refractivity contribution in [3.8, 4) is 0 Å². The largest absolute Gasteiger partial charge is 0.392 e. The molecule has 0 bridgehead atoms. The van der Waals surface area contributed by atoms with Crippen molar-refractivity contribution in [1.82, 2.24) is 9.55 Å². The minimum absolute atomic E-state index is 0.00586. The van der Waals surface area contributed by atoms with Gasteiger partial charge in [0.05, 0.1) is 6.33 Å². The molecule has 2 N–H and O–H groups in total. The lowest BCUT2D eigenvalue weighted by molar-refractivity contribution is 0.756. The van der Waals surface area contributed by atoms with Gasteiger partial charge in [-0.3, -0.25) is 9.36 Å². The Kier molecular flexibility index (Phi) is 3.08. The molecule has 0 aliphatic rings. The Bertz CT molecular complexity index is 383. The van der Waals surface area contributed by atoms with Gasteiger partial charge in [-0.1, -0.05) is 23.8 Å². The summed E-state index contributed by atoms with van der Waals surface area (Å²) in [4.78, 5) is 15.1. The molecule has 0 unspecified atom stereocenters.